The fourth-order valence-corrected chi connectivity index (χ4v) is 2.90. The summed E-state index contributed by atoms with van der Waals surface area (Å²) in [6.07, 6.45) is 0. The monoisotopic (exact) mass is 360 g/mol. The number of thiazole rings is 1. The van der Waals surface area contributed by atoms with E-state index in [0.29, 0.717) is 28.7 Å². The van der Waals surface area contributed by atoms with Gasteiger partial charge < -0.3 is 4.74 Å². The van der Waals surface area contributed by atoms with E-state index < -0.39 is 11.6 Å². The van der Waals surface area contributed by atoms with Crippen LogP contribution in [0.15, 0.2) is 47.8 Å². The molecule has 2 aromatic carbocycles. The molecule has 0 aliphatic rings. The number of hydrogen-bond acceptors (Lipinski definition) is 4. The van der Waals surface area contributed by atoms with Crippen LogP contribution in [0.5, 0.6) is 5.75 Å². The lowest BCUT2D eigenvalue weighted by atomic mass is 10.1. The molecular weight excluding hydrogens is 346 g/mol. The van der Waals surface area contributed by atoms with Gasteiger partial charge in [0.2, 0.25) is 0 Å². The Balaban J connectivity index is 1.73. The number of carbonyl (C=O) groups is 1. The summed E-state index contributed by atoms with van der Waals surface area (Å²) in [5.41, 5.74) is 0.969. The van der Waals surface area contributed by atoms with Gasteiger partial charge in [0.15, 0.2) is 5.13 Å². The van der Waals surface area contributed by atoms with Crippen LogP contribution in [0.3, 0.4) is 0 Å². The first-order valence-corrected chi connectivity index (χ1v) is 8.40. The molecule has 25 heavy (non-hydrogen) atoms. The number of amides is 1. The fraction of sp³-hybridized carbons (Fsp3) is 0.111. The molecule has 1 N–H and O–H groups in total. The number of halogens is 2. The highest BCUT2D eigenvalue weighted by molar-refractivity contribution is 7.14. The van der Waals surface area contributed by atoms with Gasteiger partial charge in [-0.15, -0.1) is 11.3 Å². The van der Waals surface area contributed by atoms with Gasteiger partial charge in [0.25, 0.3) is 5.91 Å². The van der Waals surface area contributed by atoms with Gasteiger partial charge in [0, 0.05) is 22.6 Å². The zero-order chi connectivity index (χ0) is 17.8. The maximum Gasteiger partial charge on any atom is 0.257 e. The lowest BCUT2D eigenvalue weighted by Crippen LogP contribution is -2.11. The number of aromatic nitrogens is 1. The highest BCUT2D eigenvalue weighted by atomic mass is 32.1. The van der Waals surface area contributed by atoms with Crippen molar-refractivity contribution in [2.45, 2.75) is 6.92 Å². The summed E-state index contributed by atoms with van der Waals surface area (Å²) >= 11 is 1.16. The maximum atomic E-state index is 13.8. The van der Waals surface area contributed by atoms with E-state index in [0.717, 1.165) is 23.5 Å². The van der Waals surface area contributed by atoms with Crippen molar-refractivity contribution < 1.29 is 18.3 Å². The number of nitrogens with zero attached hydrogens (tertiary/aromatic N) is 1. The minimum atomic E-state index is -0.699. The largest absolute Gasteiger partial charge is 0.494 e. The standard InChI is InChI=1S/C18H14F2N2O2S/c1-2-24-13-6-3-11(4-7-13)17(23)22-18-21-16(10-25-18)14-8-5-12(19)9-15(14)20/h3-10H,2H2,1H3,(H,21,22,23). The predicted molar refractivity (Wildman–Crippen MR) is 93.0 cm³/mol. The first-order valence-electron chi connectivity index (χ1n) is 7.52. The van der Waals surface area contributed by atoms with Crippen molar-refractivity contribution in [1.29, 1.82) is 0 Å². The third-order valence-corrected chi connectivity index (χ3v) is 4.12. The number of ether oxygens (including phenoxy) is 1. The van der Waals surface area contributed by atoms with Gasteiger partial charge in [0.05, 0.1) is 12.3 Å². The summed E-state index contributed by atoms with van der Waals surface area (Å²) in [7, 11) is 0. The van der Waals surface area contributed by atoms with Crippen molar-refractivity contribution in [3.05, 3.63) is 65.0 Å². The van der Waals surface area contributed by atoms with Crippen LogP contribution in [0.25, 0.3) is 11.3 Å². The van der Waals surface area contributed by atoms with Crippen molar-refractivity contribution in [3.63, 3.8) is 0 Å². The number of carbonyl (C=O) groups excluding carboxylic acids is 1. The molecule has 1 amide bonds. The summed E-state index contributed by atoms with van der Waals surface area (Å²) < 4.78 is 32.1. The maximum absolute atomic E-state index is 13.8. The molecule has 0 atom stereocenters. The van der Waals surface area contributed by atoms with Gasteiger partial charge in [-0.2, -0.15) is 0 Å². The molecule has 1 aromatic heterocycles. The van der Waals surface area contributed by atoms with E-state index in [1.807, 2.05) is 6.92 Å². The normalized spacial score (nSPS) is 10.5. The molecule has 0 radical (unpaired) electrons. The number of nitrogens with one attached hydrogen (secondary N) is 1. The summed E-state index contributed by atoms with van der Waals surface area (Å²) in [5, 5.41) is 4.59. The Bertz CT molecular complexity index is 894. The van der Waals surface area contributed by atoms with E-state index >= 15 is 0 Å². The summed E-state index contributed by atoms with van der Waals surface area (Å²) in [4.78, 5) is 16.4. The van der Waals surface area contributed by atoms with E-state index in [4.69, 9.17) is 4.74 Å². The molecule has 0 saturated carbocycles. The van der Waals surface area contributed by atoms with Gasteiger partial charge >= 0.3 is 0 Å². The third-order valence-electron chi connectivity index (χ3n) is 3.36. The lowest BCUT2D eigenvalue weighted by Gasteiger charge is -2.05. The number of anilines is 1. The number of hydrogen-bond donors (Lipinski definition) is 1. The van der Waals surface area contributed by atoms with Gasteiger partial charge in [-0.3, -0.25) is 10.1 Å². The zero-order valence-corrected chi connectivity index (χ0v) is 14.1. The molecule has 3 aromatic rings. The second-order valence-electron chi connectivity index (χ2n) is 5.07. The van der Waals surface area contributed by atoms with Crippen molar-refractivity contribution in [2.75, 3.05) is 11.9 Å². The second kappa shape index (κ2) is 7.40. The molecule has 0 saturated heterocycles. The number of rotatable bonds is 5. The van der Waals surface area contributed by atoms with E-state index in [1.54, 1.807) is 29.6 Å². The highest BCUT2D eigenvalue weighted by Gasteiger charge is 2.13. The van der Waals surface area contributed by atoms with Crippen LogP contribution in [-0.2, 0) is 0 Å². The Morgan fingerprint density at radius 2 is 1.96 bits per heavy atom. The molecule has 0 aliphatic carbocycles. The predicted octanol–water partition coefficient (Wildman–Crippen LogP) is 4.74. The molecule has 7 heteroatoms. The van der Waals surface area contributed by atoms with Gasteiger partial charge in [-0.25, -0.2) is 13.8 Å². The average molecular weight is 360 g/mol. The smallest absolute Gasteiger partial charge is 0.257 e. The van der Waals surface area contributed by atoms with E-state index in [9.17, 15) is 13.6 Å². The summed E-state index contributed by atoms with van der Waals surface area (Å²) in [5.74, 6) is -0.999. The van der Waals surface area contributed by atoms with Crippen molar-refractivity contribution in [1.82, 2.24) is 4.98 Å². The van der Waals surface area contributed by atoms with Crippen molar-refractivity contribution in [2.24, 2.45) is 0 Å². The van der Waals surface area contributed by atoms with Crippen LogP contribution in [0.1, 0.15) is 17.3 Å². The quantitative estimate of drug-likeness (QED) is 0.715. The van der Waals surface area contributed by atoms with Gasteiger partial charge in [0.1, 0.15) is 17.4 Å². The molecule has 3 rings (SSSR count). The molecular formula is C18H14F2N2O2S. The summed E-state index contributed by atoms with van der Waals surface area (Å²) in [6, 6.07) is 9.99. The summed E-state index contributed by atoms with van der Waals surface area (Å²) in [6.45, 7) is 2.43. The molecule has 0 aliphatic heterocycles. The first-order chi connectivity index (χ1) is 12.1. The molecule has 1 heterocycles. The van der Waals surface area contributed by atoms with Crippen LogP contribution in [0.2, 0.25) is 0 Å². The second-order valence-corrected chi connectivity index (χ2v) is 5.93. The Hall–Kier alpha value is -2.80. The van der Waals surface area contributed by atoms with Crippen LogP contribution in [0, 0.1) is 11.6 Å². The Morgan fingerprint density at radius 3 is 2.64 bits per heavy atom. The molecule has 0 spiro atoms. The van der Waals surface area contributed by atoms with Crippen LogP contribution in [-0.4, -0.2) is 17.5 Å². The molecule has 0 unspecified atom stereocenters. The van der Waals surface area contributed by atoms with Crippen molar-refractivity contribution in [3.8, 4) is 17.0 Å². The topological polar surface area (TPSA) is 51.2 Å². The highest BCUT2D eigenvalue weighted by Crippen LogP contribution is 2.27. The van der Waals surface area contributed by atoms with E-state index in [-0.39, 0.29) is 11.5 Å². The van der Waals surface area contributed by atoms with Crippen molar-refractivity contribution >= 4 is 22.4 Å². The Kier molecular flexibility index (Phi) is 5.04. The SMILES string of the molecule is CCOc1ccc(C(=O)Nc2nc(-c3ccc(F)cc3F)cs2)cc1. The Morgan fingerprint density at radius 1 is 1.20 bits per heavy atom. The number of benzene rings is 2. The molecule has 4 nitrogen and oxygen atoms in total. The Labute approximate surface area is 147 Å². The molecule has 128 valence electrons. The molecule has 0 bridgehead atoms. The minimum absolute atomic E-state index is 0.180. The average Bonchev–Trinajstić information content (AvgIpc) is 3.04. The van der Waals surface area contributed by atoms with E-state index in [2.05, 4.69) is 10.3 Å². The van der Waals surface area contributed by atoms with Crippen LogP contribution < -0.4 is 10.1 Å². The van der Waals surface area contributed by atoms with E-state index in [1.165, 1.54) is 6.07 Å². The lowest BCUT2D eigenvalue weighted by molar-refractivity contribution is 0.102. The van der Waals surface area contributed by atoms with Crippen LogP contribution >= 0.6 is 11.3 Å². The fourth-order valence-electron chi connectivity index (χ4n) is 2.19. The third kappa shape index (κ3) is 4.00. The zero-order valence-electron chi connectivity index (χ0n) is 13.3. The van der Waals surface area contributed by atoms with Gasteiger partial charge in [-0.05, 0) is 43.3 Å². The first kappa shape index (κ1) is 17.0. The van der Waals surface area contributed by atoms with Gasteiger partial charge in [-0.1, -0.05) is 0 Å². The molecule has 0 fully saturated rings. The minimum Gasteiger partial charge on any atom is -0.494 e. The van der Waals surface area contributed by atoms with Crippen LogP contribution in [0.4, 0.5) is 13.9 Å².